The van der Waals surface area contributed by atoms with Crippen molar-refractivity contribution in [3.63, 3.8) is 0 Å². The topological polar surface area (TPSA) is 99.2 Å². The van der Waals surface area contributed by atoms with E-state index < -0.39 is 5.91 Å². The molecule has 3 aromatic carbocycles. The molecular weight excluding hydrogens is 404 g/mol. The SMILES string of the molecule is NC(=O)CCOc1ccc(NC(=O)c2cccc(-n3nccc3-c3ccccc3)c2)cc1. The van der Waals surface area contributed by atoms with Crippen LogP contribution in [0.4, 0.5) is 5.69 Å². The third-order valence-corrected chi connectivity index (χ3v) is 4.79. The molecular formula is C25H22N4O3. The third kappa shape index (κ3) is 5.02. The van der Waals surface area contributed by atoms with Gasteiger partial charge in [-0.05, 0) is 48.5 Å². The first kappa shape index (κ1) is 20.9. The predicted octanol–water partition coefficient (Wildman–Crippen LogP) is 4.05. The highest BCUT2D eigenvalue weighted by molar-refractivity contribution is 6.04. The first-order valence-electron chi connectivity index (χ1n) is 10.1. The van der Waals surface area contributed by atoms with Crippen molar-refractivity contribution in [2.45, 2.75) is 6.42 Å². The van der Waals surface area contributed by atoms with Gasteiger partial charge in [0, 0.05) is 16.8 Å². The molecule has 32 heavy (non-hydrogen) atoms. The molecule has 0 saturated heterocycles. The van der Waals surface area contributed by atoms with Crippen LogP contribution in [0.25, 0.3) is 16.9 Å². The summed E-state index contributed by atoms with van der Waals surface area (Å²) >= 11 is 0. The van der Waals surface area contributed by atoms with E-state index in [9.17, 15) is 9.59 Å². The normalized spacial score (nSPS) is 10.5. The van der Waals surface area contributed by atoms with Crippen LogP contribution in [0.1, 0.15) is 16.8 Å². The number of carbonyl (C=O) groups is 2. The average Bonchev–Trinajstić information content (AvgIpc) is 3.31. The molecule has 0 spiro atoms. The van der Waals surface area contributed by atoms with Crippen LogP contribution < -0.4 is 15.8 Å². The molecule has 3 N–H and O–H groups in total. The number of hydrogen-bond donors (Lipinski definition) is 2. The summed E-state index contributed by atoms with van der Waals surface area (Å²) in [6, 6.07) is 26.1. The molecule has 0 saturated carbocycles. The average molecular weight is 426 g/mol. The number of rotatable bonds is 8. The highest BCUT2D eigenvalue weighted by atomic mass is 16.5. The summed E-state index contributed by atoms with van der Waals surface area (Å²) in [5.41, 5.74) is 9.01. The van der Waals surface area contributed by atoms with E-state index in [1.807, 2.05) is 53.2 Å². The van der Waals surface area contributed by atoms with Gasteiger partial charge < -0.3 is 15.8 Å². The van der Waals surface area contributed by atoms with Crippen molar-refractivity contribution in [3.05, 3.63) is 96.7 Å². The second-order valence-electron chi connectivity index (χ2n) is 7.09. The summed E-state index contributed by atoms with van der Waals surface area (Å²) in [6.45, 7) is 0.215. The number of hydrogen-bond acceptors (Lipinski definition) is 4. The summed E-state index contributed by atoms with van der Waals surface area (Å²) in [7, 11) is 0. The van der Waals surface area contributed by atoms with Crippen LogP contribution in [0.2, 0.25) is 0 Å². The van der Waals surface area contributed by atoms with E-state index in [-0.39, 0.29) is 18.9 Å². The van der Waals surface area contributed by atoms with E-state index >= 15 is 0 Å². The lowest BCUT2D eigenvalue weighted by molar-refractivity contribution is -0.118. The van der Waals surface area contributed by atoms with Crippen LogP contribution >= 0.6 is 0 Å². The molecule has 2 amide bonds. The van der Waals surface area contributed by atoms with E-state index in [4.69, 9.17) is 10.5 Å². The summed E-state index contributed by atoms with van der Waals surface area (Å²) in [6.07, 6.45) is 1.89. The fourth-order valence-electron chi connectivity index (χ4n) is 3.22. The van der Waals surface area contributed by atoms with Crippen LogP contribution in [-0.4, -0.2) is 28.2 Å². The molecule has 0 aliphatic heterocycles. The molecule has 0 aliphatic rings. The Morgan fingerprint density at radius 2 is 1.72 bits per heavy atom. The molecule has 1 aromatic heterocycles. The maximum atomic E-state index is 12.8. The Labute approximate surface area is 185 Å². The minimum Gasteiger partial charge on any atom is -0.493 e. The Balaban J connectivity index is 1.47. The highest BCUT2D eigenvalue weighted by Gasteiger charge is 2.11. The summed E-state index contributed by atoms with van der Waals surface area (Å²) in [5, 5.41) is 7.31. The van der Waals surface area contributed by atoms with Crippen LogP contribution in [0.3, 0.4) is 0 Å². The van der Waals surface area contributed by atoms with Gasteiger partial charge in [-0.1, -0.05) is 36.4 Å². The molecule has 0 radical (unpaired) electrons. The molecule has 4 rings (SSSR count). The second kappa shape index (κ2) is 9.61. The van der Waals surface area contributed by atoms with Gasteiger partial charge in [-0.2, -0.15) is 5.10 Å². The number of primary amides is 1. The van der Waals surface area contributed by atoms with Gasteiger partial charge in [0.05, 0.1) is 30.6 Å². The third-order valence-electron chi connectivity index (χ3n) is 4.79. The number of anilines is 1. The standard InChI is InChI=1S/C25H22N4O3/c26-24(30)14-16-32-22-11-9-20(10-12-22)28-25(31)19-7-4-8-21(17-19)29-23(13-15-27-29)18-5-2-1-3-6-18/h1-13,15,17H,14,16H2,(H2,26,30)(H,28,31). The molecule has 7 nitrogen and oxygen atoms in total. The minimum absolute atomic E-state index is 0.150. The summed E-state index contributed by atoms with van der Waals surface area (Å²) in [4.78, 5) is 23.6. The van der Waals surface area contributed by atoms with Gasteiger partial charge in [-0.25, -0.2) is 4.68 Å². The number of benzene rings is 3. The monoisotopic (exact) mass is 426 g/mol. The summed E-state index contributed by atoms with van der Waals surface area (Å²) in [5.74, 6) is -0.0526. The van der Waals surface area contributed by atoms with Crippen LogP contribution in [0.15, 0.2) is 91.1 Å². The number of aromatic nitrogens is 2. The van der Waals surface area contributed by atoms with Crippen LogP contribution in [0, 0.1) is 0 Å². The number of nitrogens with two attached hydrogens (primary N) is 1. The fourth-order valence-corrected chi connectivity index (χ4v) is 3.22. The minimum atomic E-state index is -0.415. The zero-order valence-electron chi connectivity index (χ0n) is 17.3. The van der Waals surface area contributed by atoms with E-state index in [2.05, 4.69) is 10.4 Å². The number of amides is 2. The van der Waals surface area contributed by atoms with Crippen molar-refractivity contribution in [2.24, 2.45) is 5.73 Å². The van der Waals surface area contributed by atoms with E-state index in [1.54, 1.807) is 42.6 Å². The van der Waals surface area contributed by atoms with E-state index in [0.717, 1.165) is 16.9 Å². The van der Waals surface area contributed by atoms with Gasteiger partial charge in [-0.15, -0.1) is 0 Å². The van der Waals surface area contributed by atoms with Gasteiger partial charge in [0.25, 0.3) is 5.91 Å². The number of nitrogens with one attached hydrogen (secondary N) is 1. The molecule has 0 bridgehead atoms. The second-order valence-corrected chi connectivity index (χ2v) is 7.09. The van der Waals surface area contributed by atoms with Gasteiger partial charge in [-0.3, -0.25) is 9.59 Å². The summed E-state index contributed by atoms with van der Waals surface area (Å²) < 4.78 is 7.25. The molecule has 4 aromatic rings. The lowest BCUT2D eigenvalue weighted by Crippen LogP contribution is -2.14. The van der Waals surface area contributed by atoms with Gasteiger partial charge >= 0.3 is 0 Å². The Bertz CT molecular complexity index is 1220. The Morgan fingerprint density at radius 3 is 2.47 bits per heavy atom. The van der Waals surface area contributed by atoms with Gasteiger partial charge in [0.2, 0.25) is 5.91 Å². The van der Waals surface area contributed by atoms with Crippen molar-refractivity contribution in [3.8, 4) is 22.7 Å². The number of ether oxygens (including phenoxy) is 1. The van der Waals surface area contributed by atoms with Gasteiger partial charge in [0.15, 0.2) is 0 Å². The first-order valence-corrected chi connectivity index (χ1v) is 10.1. The first-order chi connectivity index (χ1) is 15.6. The lowest BCUT2D eigenvalue weighted by Gasteiger charge is -2.11. The maximum Gasteiger partial charge on any atom is 0.255 e. The Hall–Kier alpha value is -4.39. The maximum absolute atomic E-state index is 12.8. The smallest absolute Gasteiger partial charge is 0.255 e. The molecule has 1 heterocycles. The highest BCUT2D eigenvalue weighted by Crippen LogP contribution is 2.23. The van der Waals surface area contributed by atoms with E-state index in [1.165, 1.54) is 0 Å². The quantitative estimate of drug-likeness (QED) is 0.444. The molecule has 7 heteroatoms. The molecule has 0 fully saturated rings. The van der Waals surface area contributed by atoms with Crippen molar-refractivity contribution >= 4 is 17.5 Å². The molecule has 0 atom stereocenters. The zero-order chi connectivity index (χ0) is 22.3. The number of nitrogens with zero attached hydrogens (tertiary/aromatic N) is 2. The van der Waals surface area contributed by atoms with Crippen molar-refractivity contribution in [1.29, 1.82) is 0 Å². The van der Waals surface area contributed by atoms with Crippen molar-refractivity contribution in [1.82, 2.24) is 9.78 Å². The molecule has 0 unspecified atom stereocenters. The number of carbonyl (C=O) groups excluding carboxylic acids is 2. The van der Waals surface area contributed by atoms with E-state index in [0.29, 0.717) is 17.0 Å². The van der Waals surface area contributed by atoms with Crippen molar-refractivity contribution < 1.29 is 14.3 Å². The fraction of sp³-hybridized carbons (Fsp3) is 0.0800. The Morgan fingerprint density at radius 1 is 0.938 bits per heavy atom. The largest absolute Gasteiger partial charge is 0.493 e. The van der Waals surface area contributed by atoms with Gasteiger partial charge in [0.1, 0.15) is 5.75 Å². The van der Waals surface area contributed by atoms with Crippen LogP contribution in [0.5, 0.6) is 5.75 Å². The molecule has 160 valence electrons. The predicted molar refractivity (Wildman–Crippen MR) is 123 cm³/mol. The Kier molecular flexibility index (Phi) is 6.27. The lowest BCUT2D eigenvalue weighted by atomic mass is 10.1. The zero-order valence-corrected chi connectivity index (χ0v) is 17.3. The van der Waals surface area contributed by atoms with Crippen LogP contribution in [-0.2, 0) is 4.79 Å². The van der Waals surface area contributed by atoms with Crippen molar-refractivity contribution in [2.75, 3.05) is 11.9 Å². The molecule has 0 aliphatic carbocycles.